The van der Waals surface area contributed by atoms with Crippen LogP contribution in [0.25, 0.3) is 0 Å². The lowest BCUT2D eigenvalue weighted by atomic mass is 9.76. The molecule has 0 atom stereocenters. The molecule has 0 aliphatic carbocycles. The third-order valence-corrected chi connectivity index (χ3v) is 4.96. The quantitative estimate of drug-likeness (QED) is 0.632. The fourth-order valence-corrected chi connectivity index (χ4v) is 3.09. The van der Waals surface area contributed by atoms with Gasteiger partial charge in [-0.1, -0.05) is 6.07 Å². The van der Waals surface area contributed by atoms with E-state index in [1.165, 1.54) is 0 Å². The molecule has 0 aromatic heterocycles. The zero-order chi connectivity index (χ0) is 16.8. The molecular weight excluding hydrogens is 295 g/mol. The van der Waals surface area contributed by atoms with Gasteiger partial charge < -0.3 is 13.7 Å². The Morgan fingerprint density at radius 3 is 2.09 bits per heavy atom. The lowest BCUT2D eigenvalue weighted by Gasteiger charge is -2.32. The average molecular weight is 320 g/mol. The van der Waals surface area contributed by atoms with E-state index < -0.39 is 26.6 Å². The Kier molecular flexibility index (Phi) is 4.32. The molecular formula is C16H25BO4Si. The highest BCUT2D eigenvalue weighted by Crippen LogP contribution is 2.36. The fourth-order valence-electron chi connectivity index (χ4n) is 2.26. The van der Waals surface area contributed by atoms with E-state index in [1.807, 2.05) is 39.8 Å². The highest BCUT2D eigenvalue weighted by molar-refractivity contribution is 6.70. The number of carbonyl (C=O) groups is 1. The molecule has 0 unspecified atom stereocenters. The van der Waals surface area contributed by atoms with Crippen LogP contribution in [0.5, 0.6) is 5.75 Å². The Morgan fingerprint density at radius 2 is 1.64 bits per heavy atom. The van der Waals surface area contributed by atoms with E-state index in [0.29, 0.717) is 5.56 Å². The molecule has 22 heavy (non-hydrogen) atoms. The zero-order valence-electron chi connectivity index (χ0n) is 14.5. The third kappa shape index (κ3) is 3.45. The van der Waals surface area contributed by atoms with Gasteiger partial charge in [-0.15, -0.1) is 0 Å². The molecule has 0 bridgehead atoms. The molecule has 0 saturated carbocycles. The molecule has 1 fully saturated rings. The lowest BCUT2D eigenvalue weighted by molar-refractivity contribution is 0.00578. The van der Waals surface area contributed by atoms with Crippen molar-refractivity contribution in [3.8, 4) is 5.75 Å². The van der Waals surface area contributed by atoms with Crippen LogP contribution >= 0.6 is 0 Å². The number of hydrogen-bond donors (Lipinski definition) is 0. The largest absolute Gasteiger partial charge is 0.544 e. The van der Waals surface area contributed by atoms with Crippen LogP contribution in [0.4, 0.5) is 0 Å². The van der Waals surface area contributed by atoms with Crippen molar-refractivity contribution in [1.29, 1.82) is 0 Å². The SMILES string of the molecule is CC1(C)OB(c2ccc(O[Si](C)(C)C)cc2C=O)OC1(C)C. The summed E-state index contributed by atoms with van der Waals surface area (Å²) in [5.41, 5.74) is 0.446. The maximum absolute atomic E-state index is 11.5. The molecule has 0 amide bonds. The van der Waals surface area contributed by atoms with Crippen LogP contribution in [0.15, 0.2) is 18.2 Å². The number of benzene rings is 1. The van der Waals surface area contributed by atoms with Crippen LogP contribution in [0.1, 0.15) is 38.1 Å². The topological polar surface area (TPSA) is 44.8 Å². The average Bonchev–Trinajstić information content (AvgIpc) is 2.56. The molecule has 1 aliphatic rings. The van der Waals surface area contributed by atoms with Gasteiger partial charge in [0, 0.05) is 5.56 Å². The minimum atomic E-state index is -1.71. The minimum absolute atomic E-state index is 0.425. The summed E-state index contributed by atoms with van der Waals surface area (Å²) in [6.07, 6.45) is 0.831. The van der Waals surface area contributed by atoms with E-state index in [9.17, 15) is 4.79 Å². The fraction of sp³-hybridized carbons (Fsp3) is 0.562. The summed E-state index contributed by atoms with van der Waals surface area (Å²) in [5.74, 6) is 0.724. The summed E-state index contributed by atoms with van der Waals surface area (Å²) >= 11 is 0. The van der Waals surface area contributed by atoms with Gasteiger partial charge in [-0.05, 0) is 64.9 Å². The zero-order valence-corrected chi connectivity index (χ0v) is 15.5. The molecule has 1 aromatic carbocycles. The van der Waals surface area contributed by atoms with Crippen molar-refractivity contribution in [2.24, 2.45) is 0 Å². The summed E-state index contributed by atoms with van der Waals surface area (Å²) in [4.78, 5) is 11.5. The number of aldehydes is 1. The van der Waals surface area contributed by atoms with E-state index in [4.69, 9.17) is 13.7 Å². The summed E-state index contributed by atoms with van der Waals surface area (Å²) in [7, 11) is -2.24. The van der Waals surface area contributed by atoms with Crippen LogP contribution in [-0.4, -0.2) is 32.9 Å². The van der Waals surface area contributed by atoms with Crippen LogP contribution in [-0.2, 0) is 9.31 Å². The summed E-state index contributed by atoms with van der Waals surface area (Å²) < 4.78 is 18.0. The van der Waals surface area contributed by atoms with Crippen molar-refractivity contribution < 1.29 is 18.5 Å². The standard InChI is InChI=1S/C16H25BO4Si/c1-15(2)16(3,4)21-17(20-15)14-9-8-13(10-12(14)11-18)19-22(5,6)7/h8-11H,1-7H3. The second-order valence-electron chi connectivity index (χ2n) is 7.71. The third-order valence-electron chi connectivity index (χ3n) is 4.12. The Hall–Kier alpha value is -1.11. The van der Waals surface area contributed by atoms with E-state index in [1.54, 1.807) is 6.07 Å². The van der Waals surface area contributed by atoms with Crippen LogP contribution in [0.2, 0.25) is 19.6 Å². The monoisotopic (exact) mass is 320 g/mol. The number of rotatable bonds is 4. The van der Waals surface area contributed by atoms with Gasteiger partial charge in [-0.2, -0.15) is 0 Å². The molecule has 1 saturated heterocycles. The second kappa shape index (κ2) is 5.51. The highest BCUT2D eigenvalue weighted by Gasteiger charge is 2.52. The molecule has 0 radical (unpaired) electrons. The van der Waals surface area contributed by atoms with Gasteiger partial charge in [0.25, 0.3) is 0 Å². The van der Waals surface area contributed by atoms with Crippen molar-refractivity contribution in [1.82, 2.24) is 0 Å². The van der Waals surface area contributed by atoms with Gasteiger partial charge in [-0.25, -0.2) is 0 Å². The van der Waals surface area contributed by atoms with E-state index in [0.717, 1.165) is 17.5 Å². The van der Waals surface area contributed by atoms with E-state index in [-0.39, 0.29) is 0 Å². The predicted octanol–water partition coefficient (Wildman–Crippen LogP) is 3.01. The number of hydrogen-bond acceptors (Lipinski definition) is 4. The van der Waals surface area contributed by atoms with Crippen molar-refractivity contribution in [3.05, 3.63) is 23.8 Å². The summed E-state index contributed by atoms with van der Waals surface area (Å²) in [6, 6.07) is 5.51. The van der Waals surface area contributed by atoms with Crippen molar-refractivity contribution in [2.75, 3.05) is 0 Å². The first kappa shape index (κ1) is 17.2. The Bertz CT molecular complexity index is 562. The van der Waals surface area contributed by atoms with Gasteiger partial charge in [0.05, 0.1) is 11.2 Å². The van der Waals surface area contributed by atoms with E-state index in [2.05, 4.69) is 19.6 Å². The molecule has 0 spiro atoms. The van der Waals surface area contributed by atoms with Crippen molar-refractivity contribution >= 4 is 27.2 Å². The van der Waals surface area contributed by atoms with Crippen LogP contribution < -0.4 is 9.89 Å². The van der Waals surface area contributed by atoms with Gasteiger partial charge in [-0.3, -0.25) is 4.79 Å². The molecule has 6 heteroatoms. The van der Waals surface area contributed by atoms with Crippen molar-refractivity contribution in [2.45, 2.75) is 58.5 Å². The molecule has 2 rings (SSSR count). The first-order valence-electron chi connectivity index (χ1n) is 7.59. The van der Waals surface area contributed by atoms with Gasteiger partial charge >= 0.3 is 7.12 Å². The van der Waals surface area contributed by atoms with Gasteiger partial charge in [0.15, 0.2) is 0 Å². The predicted molar refractivity (Wildman–Crippen MR) is 91.5 cm³/mol. The molecule has 1 heterocycles. The Labute approximate surface area is 134 Å². The molecule has 120 valence electrons. The maximum atomic E-state index is 11.5. The summed E-state index contributed by atoms with van der Waals surface area (Å²) in [6.45, 7) is 14.3. The smallest absolute Gasteiger partial charge is 0.495 e. The Balaban J connectivity index is 2.32. The van der Waals surface area contributed by atoms with E-state index >= 15 is 0 Å². The maximum Gasteiger partial charge on any atom is 0.495 e. The second-order valence-corrected chi connectivity index (χ2v) is 12.1. The lowest BCUT2D eigenvalue weighted by Crippen LogP contribution is -2.41. The molecule has 1 aromatic rings. The summed E-state index contributed by atoms with van der Waals surface area (Å²) in [5, 5.41) is 0. The normalized spacial score (nSPS) is 20.0. The minimum Gasteiger partial charge on any atom is -0.544 e. The molecule has 4 nitrogen and oxygen atoms in total. The first-order valence-corrected chi connectivity index (χ1v) is 11.0. The van der Waals surface area contributed by atoms with Gasteiger partial charge in [0.2, 0.25) is 8.32 Å². The first-order chi connectivity index (χ1) is 9.95. The number of carbonyl (C=O) groups excluding carboxylic acids is 1. The van der Waals surface area contributed by atoms with Crippen molar-refractivity contribution in [3.63, 3.8) is 0 Å². The van der Waals surface area contributed by atoms with Crippen LogP contribution in [0.3, 0.4) is 0 Å². The molecule has 0 N–H and O–H groups in total. The Morgan fingerprint density at radius 1 is 1.09 bits per heavy atom. The highest BCUT2D eigenvalue weighted by atomic mass is 28.4. The molecule has 1 aliphatic heterocycles. The van der Waals surface area contributed by atoms with Gasteiger partial charge in [0.1, 0.15) is 12.0 Å². The van der Waals surface area contributed by atoms with Crippen LogP contribution in [0, 0.1) is 0 Å².